The van der Waals surface area contributed by atoms with Crippen LogP contribution in [0.3, 0.4) is 0 Å². The first-order chi connectivity index (χ1) is 5.34. The molecule has 0 saturated heterocycles. The number of carbonyl (C=O) groups excluding carboxylic acids is 1. The van der Waals surface area contributed by atoms with Crippen LogP contribution in [-0.4, -0.2) is 12.6 Å². The predicted molar refractivity (Wildman–Crippen MR) is 42.4 cm³/mol. The van der Waals surface area contributed by atoms with Gasteiger partial charge in [0.15, 0.2) is 0 Å². The van der Waals surface area contributed by atoms with Gasteiger partial charge in [0.1, 0.15) is 0 Å². The Morgan fingerprint density at radius 1 is 1.33 bits per heavy atom. The third-order valence-electron chi connectivity index (χ3n) is 1.28. The second-order valence-corrected chi connectivity index (χ2v) is 2.09. The van der Waals surface area contributed by atoms with E-state index in [1.807, 2.05) is 18.2 Å². The van der Waals surface area contributed by atoms with Gasteiger partial charge in [-0.3, -0.25) is 0 Å². The predicted octanol–water partition coefficient (Wildman–Crippen LogP) is 1.86. The molecular weight excluding hydrogens is 247 g/mol. The molecule has 1 aromatic rings. The molecular formula is C9H10O2Pd. The fourth-order valence-electron chi connectivity index (χ4n) is 0.789. The smallest absolute Gasteiger partial charge is 0.338 e. The molecule has 0 unspecified atom stereocenters. The Labute approximate surface area is 85.6 Å². The molecule has 0 aliphatic rings. The van der Waals surface area contributed by atoms with Gasteiger partial charge < -0.3 is 4.74 Å². The Balaban J connectivity index is 0.00000121. The number of ether oxygens (including phenoxy) is 1. The second-order valence-electron chi connectivity index (χ2n) is 2.09. The summed E-state index contributed by atoms with van der Waals surface area (Å²) >= 11 is 0. The first-order valence-electron chi connectivity index (χ1n) is 3.56. The van der Waals surface area contributed by atoms with Gasteiger partial charge in [-0.2, -0.15) is 0 Å². The van der Waals surface area contributed by atoms with Crippen molar-refractivity contribution in [3.8, 4) is 0 Å². The van der Waals surface area contributed by atoms with Crippen LogP contribution in [0.4, 0.5) is 0 Å². The molecule has 0 atom stereocenters. The number of carbonyl (C=O) groups is 1. The van der Waals surface area contributed by atoms with Crippen molar-refractivity contribution >= 4 is 5.97 Å². The Kier molecular flexibility index (Phi) is 5.61. The van der Waals surface area contributed by atoms with Gasteiger partial charge in [-0.25, -0.2) is 4.79 Å². The maximum absolute atomic E-state index is 11.0. The van der Waals surface area contributed by atoms with Crippen LogP contribution in [-0.2, 0) is 25.2 Å². The minimum atomic E-state index is -0.256. The van der Waals surface area contributed by atoms with E-state index < -0.39 is 0 Å². The van der Waals surface area contributed by atoms with Crippen molar-refractivity contribution in [3.63, 3.8) is 0 Å². The van der Waals surface area contributed by atoms with Gasteiger partial charge in [0, 0.05) is 20.4 Å². The van der Waals surface area contributed by atoms with Crippen LogP contribution >= 0.6 is 0 Å². The molecule has 0 saturated carbocycles. The number of hydrogen-bond acceptors (Lipinski definition) is 2. The van der Waals surface area contributed by atoms with Gasteiger partial charge in [-0.15, -0.1) is 0 Å². The fourth-order valence-corrected chi connectivity index (χ4v) is 0.789. The van der Waals surface area contributed by atoms with Gasteiger partial charge in [0.25, 0.3) is 0 Å². The summed E-state index contributed by atoms with van der Waals surface area (Å²) in [5, 5.41) is 0. The molecule has 0 N–H and O–H groups in total. The number of esters is 1. The average Bonchev–Trinajstić information content (AvgIpc) is 2.07. The fraction of sp³-hybridized carbons (Fsp3) is 0.222. The zero-order valence-corrected chi connectivity index (χ0v) is 8.28. The molecule has 3 heteroatoms. The normalized spacial score (nSPS) is 8.42. The van der Waals surface area contributed by atoms with E-state index in [0.717, 1.165) is 0 Å². The minimum Gasteiger partial charge on any atom is -0.462 e. The van der Waals surface area contributed by atoms with Crippen molar-refractivity contribution in [2.24, 2.45) is 0 Å². The zero-order chi connectivity index (χ0) is 8.10. The molecule has 2 nitrogen and oxygen atoms in total. The molecule has 0 amide bonds. The van der Waals surface area contributed by atoms with Gasteiger partial charge in [0.2, 0.25) is 0 Å². The first-order valence-corrected chi connectivity index (χ1v) is 3.56. The molecule has 1 rings (SSSR count). The summed E-state index contributed by atoms with van der Waals surface area (Å²) in [6.45, 7) is 2.22. The molecule has 0 fully saturated rings. The van der Waals surface area contributed by atoms with E-state index in [1.165, 1.54) is 0 Å². The maximum atomic E-state index is 11.0. The van der Waals surface area contributed by atoms with Crippen molar-refractivity contribution in [2.45, 2.75) is 6.92 Å². The third kappa shape index (κ3) is 3.17. The molecule has 0 aromatic heterocycles. The summed E-state index contributed by atoms with van der Waals surface area (Å²) in [6.07, 6.45) is 0. The van der Waals surface area contributed by atoms with Gasteiger partial charge in [0.05, 0.1) is 12.2 Å². The quantitative estimate of drug-likeness (QED) is 0.596. The van der Waals surface area contributed by atoms with Gasteiger partial charge >= 0.3 is 5.97 Å². The van der Waals surface area contributed by atoms with Crippen molar-refractivity contribution in [1.29, 1.82) is 0 Å². The first kappa shape index (κ1) is 11.4. The Bertz CT molecular complexity index is 234. The summed E-state index contributed by atoms with van der Waals surface area (Å²) in [7, 11) is 0. The third-order valence-corrected chi connectivity index (χ3v) is 1.28. The van der Waals surface area contributed by atoms with Crippen molar-refractivity contribution in [3.05, 3.63) is 35.9 Å². The molecule has 0 bridgehead atoms. The van der Waals surface area contributed by atoms with E-state index in [4.69, 9.17) is 4.74 Å². The van der Waals surface area contributed by atoms with E-state index in [1.54, 1.807) is 19.1 Å². The standard InChI is InChI=1S/C9H10O2.Pd/c1-2-11-9(10)8-6-4-3-5-7-8;/h3-7H,2H2,1H3;. The van der Waals surface area contributed by atoms with Crippen LogP contribution in [0.15, 0.2) is 30.3 Å². The molecule has 0 spiro atoms. The van der Waals surface area contributed by atoms with Crippen molar-refractivity contribution < 1.29 is 30.0 Å². The van der Waals surface area contributed by atoms with E-state index >= 15 is 0 Å². The zero-order valence-electron chi connectivity index (χ0n) is 6.73. The summed E-state index contributed by atoms with van der Waals surface area (Å²) in [4.78, 5) is 11.0. The maximum Gasteiger partial charge on any atom is 0.338 e. The minimum absolute atomic E-state index is 0. The Morgan fingerprint density at radius 3 is 2.42 bits per heavy atom. The molecule has 0 radical (unpaired) electrons. The van der Waals surface area contributed by atoms with Gasteiger partial charge in [-0.1, -0.05) is 18.2 Å². The summed E-state index contributed by atoms with van der Waals surface area (Å²) in [5.41, 5.74) is 0.606. The Morgan fingerprint density at radius 2 is 1.92 bits per heavy atom. The molecule has 0 aliphatic carbocycles. The largest absolute Gasteiger partial charge is 0.462 e. The van der Waals surface area contributed by atoms with Crippen LogP contribution in [0.5, 0.6) is 0 Å². The van der Waals surface area contributed by atoms with Crippen LogP contribution in [0, 0.1) is 0 Å². The van der Waals surface area contributed by atoms with E-state index in [-0.39, 0.29) is 26.4 Å². The Hall–Kier alpha value is -0.648. The SMILES string of the molecule is CCOC(=O)c1ccccc1.[Pd]. The summed E-state index contributed by atoms with van der Waals surface area (Å²) in [6, 6.07) is 8.96. The monoisotopic (exact) mass is 256 g/mol. The molecule has 12 heavy (non-hydrogen) atoms. The number of benzene rings is 1. The molecule has 1 aromatic carbocycles. The van der Waals surface area contributed by atoms with E-state index in [0.29, 0.717) is 12.2 Å². The molecule has 0 aliphatic heterocycles. The number of hydrogen-bond donors (Lipinski definition) is 0. The molecule has 68 valence electrons. The second kappa shape index (κ2) is 5.93. The van der Waals surface area contributed by atoms with Crippen molar-refractivity contribution in [1.82, 2.24) is 0 Å². The van der Waals surface area contributed by atoms with Crippen LogP contribution in [0.2, 0.25) is 0 Å². The van der Waals surface area contributed by atoms with Crippen LogP contribution in [0.25, 0.3) is 0 Å². The van der Waals surface area contributed by atoms with Crippen LogP contribution in [0.1, 0.15) is 17.3 Å². The van der Waals surface area contributed by atoms with Crippen molar-refractivity contribution in [2.75, 3.05) is 6.61 Å². The van der Waals surface area contributed by atoms with Gasteiger partial charge in [-0.05, 0) is 19.1 Å². The average molecular weight is 257 g/mol. The summed E-state index contributed by atoms with van der Waals surface area (Å²) < 4.78 is 4.79. The van der Waals surface area contributed by atoms with Crippen LogP contribution < -0.4 is 0 Å². The van der Waals surface area contributed by atoms with E-state index in [9.17, 15) is 4.79 Å². The number of rotatable bonds is 2. The van der Waals surface area contributed by atoms with E-state index in [2.05, 4.69) is 0 Å². The molecule has 0 heterocycles. The topological polar surface area (TPSA) is 26.3 Å². The summed E-state index contributed by atoms with van der Waals surface area (Å²) in [5.74, 6) is -0.256.